The van der Waals surface area contributed by atoms with Crippen molar-refractivity contribution in [3.63, 3.8) is 0 Å². The number of rotatable bonds is 5. The molecule has 0 unspecified atom stereocenters. The highest BCUT2D eigenvalue weighted by Gasteiger charge is 2.31. The summed E-state index contributed by atoms with van der Waals surface area (Å²) >= 11 is 1.76. The minimum Gasteiger partial charge on any atom is -0.352 e. The molecule has 1 heterocycles. The fourth-order valence-corrected chi connectivity index (χ4v) is 2.68. The van der Waals surface area contributed by atoms with E-state index in [0.717, 1.165) is 12.1 Å². The molecule has 0 saturated carbocycles. The summed E-state index contributed by atoms with van der Waals surface area (Å²) in [5.74, 6) is 0.169. The van der Waals surface area contributed by atoms with Gasteiger partial charge in [-0.05, 0) is 47.7 Å². The third-order valence-electron chi connectivity index (χ3n) is 3.16. The molecule has 0 aliphatic carbocycles. The second-order valence-corrected chi connectivity index (χ2v) is 6.01. The van der Waals surface area contributed by atoms with Gasteiger partial charge in [0.05, 0.1) is 5.56 Å². The minimum atomic E-state index is -4.48. The van der Waals surface area contributed by atoms with E-state index >= 15 is 0 Å². The van der Waals surface area contributed by atoms with Gasteiger partial charge in [-0.3, -0.25) is 4.79 Å². The molecule has 9 heteroatoms. The Morgan fingerprint density at radius 2 is 2.09 bits per heavy atom. The van der Waals surface area contributed by atoms with E-state index in [2.05, 4.69) is 15.5 Å². The Bertz CT molecular complexity index is 700. The van der Waals surface area contributed by atoms with Crippen molar-refractivity contribution in [2.45, 2.75) is 26.1 Å². The standard InChI is InChI=1S/C14H14F3IN4O/c1-2-22-8-20-21-12(22)3-4-19-13(23)9-5-10(14(15,16)17)7-11(18)6-9/h5-8H,2-4H2,1H3,(H,19,23). The summed E-state index contributed by atoms with van der Waals surface area (Å²) in [5.41, 5.74) is -0.846. The molecular formula is C14H14F3IN4O. The molecule has 1 aromatic carbocycles. The van der Waals surface area contributed by atoms with Crippen molar-refractivity contribution in [2.24, 2.45) is 0 Å². The minimum absolute atomic E-state index is 0.0128. The molecule has 0 bridgehead atoms. The SMILES string of the molecule is CCn1cnnc1CCNC(=O)c1cc(I)cc(C(F)(F)F)c1. The first-order chi connectivity index (χ1) is 10.8. The van der Waals surface area contributed by atoms with Crippen molar-refractivity contribution in [1.29, 1.82) is 0 Å². The highest BCUT2D eigenvalue weighted by atomic mass is 127. The van der Waals surface area contributed by atoms with Gasteiger partial charge in [0.25, 0.3) is 5.91 Å². The van der Waals surface area contributed by atoms with Gasteiger partial charge in [0.2, 0.25) is 0 Å². The first kappa shape index (κ1) is 17.7. The lowest BCUT2D eigenvalue weighted by molar-refractivity contribution is -0.137. The molecule has 5 nitrogen and oxygen atoms in total. The second-order valence-electron chi connectivity index (χ2n) is 4.77. The molecule has 0 aliphatic heterocycles. The summed E-state index contributed by atoms with van der Waals surface area (Å²) < 4.78 is 40.5. The highest BCUT2D eigenvalue weighted by Crippen LogP contribution is 2.31. The molecule has 1 amide bonds. The Morgan fingerprint density at radius 1 is 1.35 bits per heavy atom. The normalized spacial score (nSPS) is 11.5. The number of carbonyl (C=O) groups is 1. The van der Waals surface area contributed by atoms with Gasteiger partial charge in [-0.25, -0.2) is 0 Å². The molecule has 0 fully saturated rings. The zero-order chi connectivity index (χ0) is 17.0. The lowest BCUT2D eigenvalue weighted by Gasteiger charge is -2.10. The van der Waals surface area contributed by atoms with Gasteiger partial charge < -0.3 is 9.88 Å². The number of nitrogens with one attached hydrogen (secondary N) is 1. The van der Waals surface area contributed by atoms with E-state index in [1.54, 1.807) is 28.9 Å². The van der Waals surface area contributed by atoms with Crippen molar-refractivity contribution in [3.8, 4) is 0 Å². The molecule has 0 aliphatic rings. The van der Waals surface area contributed by atoms with Crippen molar-refractivity contribution < 1.29 is 18.0 Å². The van der Waals surface area contributed by atoms with Crippen molar-refractivity contribution >= 4 is 28.5 Å². The Kier molecular flexibility index (Phi) is 5.60. The summed E-state index contributed by atoms with van der Waals surface area (Å²) in [7, 11) is 0. The zero-order valence-electron chi connectivity index (χ0n) is 12.2. The van der Waals surface area contributed by atoms with Crippen LogP contribution in [0.2, 0.25) is 0 Å². The van der Waals surface area contributed by atoms with Crippen LogP contribution in [-0.2, 0) is 19.1 Å². The monoisotopic (exact) mass is 438 g/mol. The number of aromatic nitrogens is 3. The topological polar surface area (TPSA) is 59.8 Å². The van der Waals surface area contributed by atoms with Crippen LogP contribution in [-0.4, -0.2) is 27.2 Å². The molecule has 0 saturated heterocycles. The van der Waals surface area contributed by atoms with Crippen LogP contribution in [0.15, 0.2) is 24.5 Å². The predicted molar refractivity (Wildman–Crippen MR) is 85.9 cm³/mol. The number of halogens is 4. The van der Waals surface area contributed by atoms with E-state index in [0.29, 0.717) is 22.4 Å². The molecule has 1 aromatic heterocycles. The van der Waals surface area contributed by atoms with Crippen LogP contribution in [0.1, 0.15) is 28.7 Å². The van der Waals surface area contributed by atoms with Crippen molar-refractivity contribution in [3.05, 3.63) is 45.0 Å². The largest absolute Gasteiger partial charge is 0.416 e. The number of hydrogen-bond donors (Lipinski definition) is 1. The number of alkyl halides is 3. The predicted octanol–water partition coefficient (Wildman–Crippen LogP) is 2.89. The summed E-state index contributed by atoms with van der Waals surface area (Å²) in [4.78, 5) is 12.0. The van der Waals surface area contributed by atoms with Crippen LogP contribution in [0.3, 0.4) is 0 Å². The Hall–Kier alpha value is -1.65. The van der Waals surface area contributed by atoms with Crippen LogP contribution in [0.5, 0.6) is 0 Å². The molecule has 2 aromatic rings. The zero-order valence-corrected chi connectivity index (χ0v) is 14.3. The van der Waals surface area contributed by atoms with Crippen LogP contribution in [0, 0.1) is 3.57 Å². The molecule has 0 radical (unpaired) electrons. The van der Waals surface area contributed by atoms with Crippen LogP contribution >= 0.6 is 22.6 Å². The third-order valence-corrected chi connectivity index (χ3v) is 3.78. The number of nitrogens with zero attached hydrogens (tertiary/aromatic N) is 3. The van der Waals surface area contributed by atoms with Gasteiger partial charge in [0, 0.05) is 28.6 Å². The van der Waals surface area contributed by atoms with Gasteiger partial charge >= 0.3 is 6.18 Å². The summed E-state index contributed by atoms with van der Waals surface area (Å²) in [6, 6.07) is 3.27. The third kappa shape index (κ3) is 4.66. The fraction of sp³-hybridized carbons (Fsp3) is 0.357. The first-order valence-electron chi connectivity index (χ1n) is 6.84. The van der Waals surface area contributed by atoms with Gasteiger partial charge in [-0.15, -0.1) is 10.2 Å². The van der Waals surface area contributed by atoms with Crippen molar-refractivity contribution in [2.75, 3.05) is 6.54 Å². The fourth-order valence-electron chi connectivity index (χ4n) is 2.01. The highest BCUT2D eigenvalue weighted by molar-refractivity contribution is 14.1. The quantitative estimate of drug-likeness (QED) is 0.731. The average Bonchev–Trinajstić information content (AvgIpc) is 2.93. The van der Waals surface area contributed by atoms with Gasteiger partial charge in [0.1, 0.15) is 12.2 Å². The number of benzene rings is 1. The van der Waals surface area contributed by atoms with E-state index < -0.39 is 17.6 Å². The second kappa shape index (κ2) is 7.28. The summed E-state index contributed by atoms with van der Waals surface area (Å²) in [6.45, 7) is 2.92. The molecule has 23 heavy (non-hydrogen) atoms. The number of amides is 1. The summed E-state index contributed by atoms with van der Waals surface area (Å²) in [5, 5.41) is 10.3. The number of hydrogen-bond acceptors (Lipinski definition) is 3. The summed E-state index contributed by atoms with van der Waals surface area (Å²) in [6.07, 6.45) is -2.43. The molecule has 124 valence electrons. The van der Waals surface area contributed by atoms with E-state index in [-0.39, 0.29) is 12.1 Å². The maximum Gasteiger partial charge on any atom is 0.416 e. The maximum atomic E-state index is 12.8. The average molecular weight is 438 g/mol. The molecule has 2 rings (SSSR count). The number of aryl methyl sites for hydroxylation is 1. The Labute approximate surface area is 144 Å². The Morgan fingerprint density at radius 3 is 2.74 bits per heavy atom. The van der Waals surface area contributed by atoms with Crippen LogP contribution in [0.4, 0.5) is 13.2 Å². The van der Waals surface area contributed by atoms with E-state index in [1.807, 2.05) is 11.5 Å². The van der Waals surface area contributed by atoms with Gasteiger partial charge in [0.15, 0.2) is 0 Å². The Balaban J connectivity index is 2.02. The maximum absolute atomic E-state index is 12.8. The first-order valence-corrected chi connectivity index (χ1v) is 7.91. The molecular weight excluding hydrogens is 424 g/mol. The molecule has 1 N–H and O–H groups in total. The van der Waals surface area contributed by atoms with Gasteiger partial charge in [-0.2, -0.15) is 13.2 Å². The van der Waals surface area contributed by atoms with Gasteiger partial charge in [-0.1, -0.05) is 0 Å². The van der Waals surface area contributed by atoms with E-state index in [4.69, 9.17) is 0 Å². The van der Waals surface area contributed by atoms with E-state index in [9.17, 15) is 18.0 Å². The molecule has 0 atom stereocenters. The lowest BCUT2D eigenvalue weighted by Crippen LogP contribution is -2.27. The lowest BCUT2D eigenvalue weighted by atomic mass is 10.1. The molecule has 0 spiro atoms. The van der Waals surface area contributed by atoms with Crippen LogP contribution < -0.4 is 5.32 Å². The van der Waals surface area contributed by atoms with Crippen molar-refractivity contribution in [1.82, 2.24) is 20.1 Å². The smallest absolute Gasteiger partial charge is 0.352 e. The van der Waals surface area contributed by atoms with E-state index in [1.165, 1.54) is 6.07 Å². The number of carbonyl (C=O) groups excluding carboxylic acids is 1. The van der Waals surface area contributed by atoms with Crippen LogP contribution in [0.25, 0.3) is 0 Å².